The van der Waals surface area contributed by atoms with Gasteiger partial charge in [0.15, 0.2) is 0 Å². The molecular weight excluding hydrogens is 236 g/mol. The van der Waals surface area contributed by atoms with E-state index in [0.29, 0.717) is 5.82 Å². The zero-order chi connectivity index (χ0) is 13.7. The van der Waals surface area contributed by atoms with Gasteiger partial charge < -0.3 is 10.3 Å². The fraction of sp³-hybridized carbons (Fsp3) is 0.267. The summed E-state index contributed by atoms with van der Waals surface area (Å²) in [5, 5.41) is 5.72. The number of hydrogen-bond donors (Lipinski definition) is 1. The number of aryl methyl sites for hydroxylation is 4. The Kier molecular flexibility index (Phi) is 2.42. The van der Waals surface area contributed by atoms with Crippen LogP contribution in [0.1, 0.15) is 11.1 Å². The second-order valence-electron chi connectivity index (χ2n) is 5.21. The number of aromatic nitrogens is 3. The maximum absolute atomic E-state index is 5.88. The van der Waals surface area contributed by atoms with Gasteiger partial charge in [0.05, 0.1) is 11.2 Å². The molecule has 1 aromatic carbocycles. The summed E-state index contributed by atoms with van der Waals surface area (Å²) < 4.78 is 3.86. The fourth-order valence-corrected chi connectivity index (χ4v) is 2.78. The molecule has 0 aliphatic heterocycles. The van der Waals surface area contributed by atoms with Crippen molar-refractivity contribution in [3.63, 3.8) is 0 Å². The van der Waals surface area contributed by atoms with Crippen molar-refractivity contribution < 1.29 is 0 Å². The molecule has 19 heavy (non-hydrogen) atoms. The first kappa shape index (κ1) is 11.8. The highest BCUT2D eigenvalue weighted by atomic mass is 15.3. The zero-order valence-electron chi connectivity index (χ0n) is 11.7. The summed E-state index contributed by atoms with van der Waals surface area (Å²) in [6, 6.07) is 6.34. The Bertz CT molecular complexity index is 758. The van der Waals surface area contributed by atoms with Crippen LogP contribution in [0.2, 0.25) is 0 Å². The molecule has 3 rings (SSSR count). The van der Waals surface area contributed by atoms with Gasteiger partial charge in [-0.3, -0.25) is 4.68 Å². The lowest BCUT2D eigenvalue weighted by Crippen LogP contribution is -1.96. The van der Waals surface area contributed by atoms with Gasteiger partial charge >= 0.3 is 0 Å². The highest BCUT2D eigenvalue weighted by Gasteiger charge is 2.14. The van der Waals surface area contributed by atoms with Crippen molar-refractivity contribution in [2.45, 2.75) is 13.8 Å². The molecule has 0 amide bonds. The summed E-state index contributed by atoms with van der Waals surface area (Å²) in [4.78, 5) is 0. The summed E-state index contributed by atoms with van der Waals surface area (Å²) in [5.41, 5.74) is 11.7. The number of nitrogen functional groups attached to an aromatic ring is 1. The molecule has 4 nitrogen and oxygen atoms in total. The monoisotopic (exact) mass is 254 g/mol. The van der Waals surface area contributed by atoms with E-state index in [1.54, 1.807) is 4.68 Å². The van der Waals surface area contributed by atoms with Crippen molar-refractivity contribution >= 4 is 16.7 Å². The summed E-state index contributed by atoms with van der Waals surface area (Å²) in [5.74, 6) is 0.677. The molecule has 0 bridgehead atoms. The number of nitrogens with zero attached hydrogens (tertiary/aromatic N) is 3. The van der Waals surface area contributed by atoms with Crippen LogP contribution in [-0.2, 0) is 14.1 Å². The zero-order valence-corrected chi connectivity index (χ0v) is 11.7. The molecule has 4 heteroatoms. The van der Waals surface area contributed by atoms with Crippen LogP contribution >= 0.6 is 0 Å². The van der Waals surface area contributed by atoms with Gasteiger partial charge in [-0.05, 0) is 25.5 Å². The molecule has 0 radical (unpaired) electrons. The molecule has 2 aromatic heterocycles. The third kappa shape index (κ3) is 1.71. The predicted octanol–water partition coefficient (Wildman–Crippen LogP) is 2.78. The Balaban J connectivity index is 2.36. The average molecular weight is 254 g/mol. The van der Waals surface area contributed by atoms with Crippen LogP contribution in [0.3, 0.4) is 0 Å². The van der Waals surface area contributed by atoms with E-state index >= 15 is 0 Å². The van der Waals surface area contributed by atoms with Crippen LogP contribution in [-0.4, -0.2) is 14.3 Å². The second-order valence-corrected chi connectivity index (χ2v) is 5.21. The Morgan fingerprint density at radius 3 is 2.47 bits per heavy atom. The van der Waals surface area contributed by atoms with E-state index in [1.807, 2.05) is 13.1 Å². The number of nitrogens with two attached hydrogens (primary N) is 1. The first-order valence-electron chi connectivity index (χ1n) is 6.33. The van der Waals surface area contributed by atoms with E-state index in [1.165, 1.54) is 22.0 Å². The van der Waals surface area contributed by atoms with Gasteiger partial charge in [0.2, 0.25) is 0 Å². The van der Waals surface area contributed by atoms with Crippen LogP contribution in [0.4, 0.5) is 5.82 Å². The largest absolute Gasteiger partial charge is 0.384 e. The first-order chi connectivity index (χ1) is 8.97. The van der Waals surface area contributed by atoms with Crippen LogP contribution in [0.25, 0.3) is 22.2 Å². The summed E-state index contributed by atoms with van der Waals surface area (Å²) in [6.45, 7) is 4.27. The van der Waals surface area contributed by atoms with Crippen molar-refractivity contribution in [1.82, 2.24) is 14.3 Å². The van der Waals surface area contributed by atoms with Gasteiger partial charge in [-0.1, -0.05) is 11.6 Å². The highest BCUT2D eigenvalue weighted by Crippen LogP contribution is 2.32. The molecule has 0 aliphatic carbocycles. The maximum Gasteiger partial charge on any atom is 0.121 e. The number of fused-ring (bicyclic) bond motifs is 1. The normalized spacial score (nSPS) is 11.4. The molecule has 3 aromatic rings. The van der Waals surface area contributed by atoms with Crippen molar-refractivity contribution in [2.24, 2.45) is 14.1 Å². The second kappa shape index (κ2) is 3.88. The predicted molar refractivity (Wildman–Crippen MR) is 79.0 cm³/mol. The fourth-order valence-electron chi connectivity index (χ4n) is 2.78. The van der Waals surface area contributed by atoms with Gasteiger partial charge in [-0.25, -0.2) is 0 Å². The van der Waals surface area contributed by atoms with Gasteiger partial charge in [0.1, 0.15) is 5.82 Å². The Morgan fingerprint density at radius 1 is 1.11 bits per heavy atom. The summed E-state index contributed by atoms with van der Waals surface area (Å²) in [6.07, 6.45) is 2.12. The van der Waals surface area contributed by atoms with Gasteiger partial charge in [-0.2, -0.15) is 5.10 Å². The maximum atomic E-state index is 5.88. The molecule has 0 unspecified atom stereocenters. The molecule has 2 heterocycles. The standard InChI is InChI=1S/C15H18N4/c1-9-5-10(2)15-11(6-9)12(8-18(15)3)13-7-14(16)19(4)17-13/h5-8H,16H2,1-4H3. The van der Waals surface area contributed by atoms with E-state index in [-0.39, 0.29) is 0 Å². The molecule has 2 N–H and O–H groups in total. The first-order valence-corrected chi connectivity index (χ1v) is 6.33. The molecule has 0 atom stereocenters. The average Bonchev–Trinajstić information content (AvgIpc) is 2.81. The molecule has 0 fully saturated rings. The van der Waals surface area contributed by atoms with Crippen molar-refractivity contribution in [2.75, 3.05) is 5.73 Å². The lowest BCUT2D eigenvalue weighted by molar-refractivity contribution is 0.782. The van der Waals surface area contributed by atoms with E-state index in [0.717, 1.165) is 11.3 Å². The molecule has 0 spiro atoms. The Labute approximate surface area is 112 Å². The van der Waals surface area contributed by atoms with E-state index in [2.05, 4.69) is 48.9 Å². The molecule has 0 saturated heterocycles. The van der Waals surface area contributed by atoms with Crippen LogP contribution in [0, 0.1) is 13.8 Å². The minimum absolute atomic E-state index is 0.677. The topological polar surface area (TPSA) is 48.8 Å². The van der Waals surface area contributed by atoms with E-state index in [4.69, 9.17) is 5.73 Å². The lowest BCUT2D eigenvalue weighted by Gasteiger charge is -2.03. The van der Waals surface area contributed by atoms with Crippen LogP contribution in [0.5, 0.6) is 0 Å². The minimum atomic E-state index is 0.677. The molecule has 0 saturated carbocycles. The highest BCUT2D eigenvalue weighted by molar-refractivity contribution is 5.97. The minimum Gasteiger partial charge on any atom is -0.384 e. The van der Waals surface area contributed by atoms with Gasteiger partial charge in [-0.15, -0.1) is 0 Å². The number of anilines is 1. The molecular formula is C15H18N4. The van der Waals surface area contributed by atoms with Crippen LogP contribution in [0.15, 0.2) is 24.4 Å². The van der Waals surface area contributed by atoms with Crippen LogP contribution < -0.4 is 5.73 Å². The van der Waals surface area contributed by atoms with Crippen molar-refractivity contribution in [3.05, 3.63) is 35.5 Å². The van der Waals surface area contributed by atoms with Crippen molar-refractivity contribution in [1.29, 1.82) is 0 Å². The Morgan fingerprint density at radius 2 is 1.84 bits per heavy atom. The lowest BCUT2D eigenvalue weighted by atomic mass is 10.0. The Hall–Kier alpha value is -2.23. The van der Waals surface area contributed by atoms with Gasteiger partial charge in [0, 0.05) is 37.3 Å². The van der Waals surface area contributed by atoms with Gasteiger partial charge in [0.25, 0.3) is 0 Å². The number of rotatable bonds is 1. The van der Waals surface area contributed by atoms with Crippen molar-refractivity contribution in [3.8, 4) is 11.3 Å². The third-order valence-electron chi connectivity index (χ3n) is 3.60. The molecule has 0 aliphatic rings. The molecule has 98 valence electrons. The summed E-state index contributed by atoms with van der Waals surface area (Å²) in [7, 11) is 3.93. The van der Waals surface area contributed by atoms with E-state index in [9.17, 15) is 0 Å². The SMILES string of the molecule is Cc1cc(C)c2c(c1)c(-c1cc(N)n(C)n1)cn2C. The number of benzene rings is 1. The quantitative estimate of drug-likeness (QED) is 0.726. The van der Waals surface area contributed by atoms with E-state index < -0.39 is 0 Å². The summed E-state index contributed by atoms with van der Waals surface area (Å²) >= 11 is 0. The third-order valence-corrected chi connectivity index (χ3v) is 3.60. The smallest absolute Gasteiger partial charge is 0.121 e. The number of hydrogen-bond acceptors (Lipinski definition) is 2.